The molecule has 1 unspecified atom stereocenters. The molecule has 1 N–H and O–H groups in total. The molecule has 2 rings (SSSR count). The Hall–Kier alpha value is -2.10. The van der Waals surface area contributed by atoms with Crippen molar-refractivity contribution in [2.75, 3.05) is 12.4 Å². The number of anilines is 1. The zero-order valence-corrected chi connectivity index (χ0v) is 10.4. The van der Waals surface area contributed by atoms with Gasteiger partial charge in [0.1, 0.15) is 11.6 Å². The highest BCUT2D eigenvalue weighted by Crippen LogP contribution is 2.29. The van der Waals surface area contributed by atoms with Gasteiger partial charge in [0.2, 0.25) is 0 Å². The summed E-state index contributed by atoms with van der Waals surface area (Å²) in [6.07, 6.45) is 3.39. The minimum atomic E-state index is -0.279. The monoisotopic (exact) mass is 246 g/mol. The van der Waals surface area contributed by atoms with Gasteiger partial charge < -0.3 is 10.1 Å². The van der Waals surface area contributed by atoms with Crippen LogP contribution in [-0.4, -0.2) is 12.1 Å². The summed E-state index contributed by atoms with van der Waals surface area (Å²) in [5.74, 6) is 0.261. The molecule has 0 aliphatic rings. The van der Waals surface area contributed by atoms with Gasteiger partial charge >= 0.3 is 0 Å². The normalized spacial score (nSPS) is 11.9. The van der Waals surface area contributed by atoms with Gasteiger partial charge in [0.05, 0.1) is 24.4 Å². The fraction of sp³-hybridized carbons (Fsp3) is 0.214. The second-order valence-corrected chi connectivity index (χ2v) is 3.96. The molecule has 0 aliphatic heterocycles. The number of ether oxygens (including phenoxy) is 1. The Kier molecular flexibility index (Phi) is 3.77. The smallest absolute Gasteiger partial charge is 0.132 e. The van der Waals surface area contributed by atoms with Gasteiger partial charge in [0.15, 0.2) is 0 Å². The number of benzene rings is 1. The molecule has 0 aliphatic carbocycles. The molecule has 0 amide bonds. The van der Waals surface area contributed by atoms with E-state index in [1.807, 2.05) is 19.1 Å². The predicted molar refractivity (Wildman–Crippen MR) is 69.2 cm³/mol. The fourth-order valence-electron chi connectivity index (χ4n) is 1.89. The number of nitrogens with zero attached hydrogens (tertiary/aromatic N) is 1. The summed E-state index contributed by atoms with van der Waals surface area (Å²) in [4.78, 5) is 4.01. The number of pyridine rings is 1. The van der Waals surface area contributed by atoms with Gasteiger partial charge in [-0.15, -0.1) is 0 Å². The van der Waals surface area contributed by atoms with E-state index in [0.29, 0.717) is 11.3 Å². The van der Waals surface area contributed by atoms with Crippen molar-refractivity contribution in [1.82, 2.24) is 4.98 Å². The second kappa shape index (κ2) is 5.49. The van der Waals surface area contributed by atoms with Crippen LogP contribution in [0.1, 0.15) is 18.5 Å². The van der Waals surface area contributed by atoms with Gasteiger partial charge in [-0.1, -0.05) is 6.07 Å². The van der Waals surface area contributed by atoms with Gasteiger partial charge in [-0.05, 0) is 31.2 Å². The molecule has 1 heterocycles. The van der Waals surface area contributed by atoms with Crippen LogP contribution in [0.2, 0.25) is 0 Å². The standard InChI is InChI=1S/C14H15FN2O/c1-10(17-11-5-4-8-16-9-11)14-12(15)6-3-7-13(14)18-2/h3-10,17H,1-2H3. The summed E-state index contributed by atoms with van der Waals surface area (Å²) < 4.78 is 19.0. The fourth-order valence-corrected chi connectivity index (χ4v) is 1.89. The minimum absolute atomic E-state index is 0.203. The molecular weight excluding hydrogens is 231 g/mol. The van der Waals surface area contributed by atoms with Gasteiger partial charge in [-0.3, -0.25) is 4.98 Å². The van der Waals surface area contributed by atoms with E-state index in [9.17, 15) is 4.39 Å². The SMILES string of the molecule is COc1cccc(F)c1C(C)Nc1cccnc1. The molecule has 3 nitrogen and oxygen atoms in total. The maximum absolute atomic E-state index is 13.9. The first-order valence-corrected chi connectivity index (χ1v) is 5.71. The first-order valence-electron chi connectivity index (χ1n) is 5.71. The molecular formula is C14H15FN2O. The van der Waals surface area contributed by atoms with E-state index in [-0.39, 0.29) is 11.9 Å². The highest BCUT2D eigenvalue weighted by Gasteiger charge is 2.16. The van der Waals surface area contributed by atoms with Crippen LogP contribution in [0.25, 0.3) is 0 Å². The Labute approximate surface area is 106 Å². The Bertz CT molecular complexity index is 516. The Morgan fingerprint density at radius 3 is 2.78 bits per heavy atom. The zero-order chi connectivity index (χ0) is 13.0. The Balaban J connectivity index is 2.26. The lowest BCUT2D eigenvalue weighted by atomic mass is 10.1. The largest absolute Gasteiger partial charge is 0.496 e. The molecule has 1 aromatic heterocycles. The second-order valence-electron chi connectivity index (χ2n) is 3.96. The summed E-state index contributed by atoms with van der Waals surface area (Å²) in [5, 5.41) is 3.19. The molecule has 0 spiro atoms. The van der Waals surface area contributed by atoms with Crippen molar-refractivity contribution < 1.29 is 9.13 Å². The Morgan fingerprint density at radius 2 is 2.11 bits per heavy atom. The number of aromatic nitrogens is 1. The molecule has 2 aromatic rings. The molecule has 1 atom stereocenters. The van der Waals surface area contributed by atoms with E-state index in [1.54, 1.807) is 24.5 Å². The number of halogens is 1. The highest BCUT2D eigenvalue weighted by atomic mass is 19.1. The summed E-state index contributed by atoms with van der Waals surface area (Å²) >= 11 is 0. The van der Waals surface area contributed by atoms with E-state index < -0.39 is 0 Å². The molecule has 0 saturated heterocycles. The van der Waals surface area contributed by atoms with Gasteiger partial charge in [0.25, 0.3) is 0 Å². The first kappa shape index (κ1) is 12.4. The summed E-state index contributed by atoms with van der Waals surface area (Å²) in [6.45, 7) is 1.88. The quantitative estimate of drug-likeness (QED) is 0.897. The van der Waals surface area contributed by atoms with Crippen LogP contribution in [0.5, 0.6) is 5.75 Å². The van der Waals surface area contributed by atoms with E-state index in [2.05, 4.69) is 10.3 Å². The lowest BCUT2D eigenvalue weighted by molar-refractivity contribution is 0.402. The summed E-state index contributed by atoms with van der Waals surface area (Å²) in [6, 6.07) is 8.32. The topological polar surface area (TPSA) is 34.1 Å². The third-order valence-corrected chi connectivity index (χ3v) is 2.71. The number of hydrogen-bond donors (Lipinski definition) is 1. The van der Waals surface area contributed by atoms with Crippen LogP contribution in [0.4, 0.5) is 10.1 Å². The van der Waals surface area contributed by atoms with Crippen molar-refractivity contribution in [1.29, 1.82) is 0 Å². The van der Waals surface area contributed by atoms with Crippen LogP contribution < -0.4 is 10.1 Å². The van der Waals surface area contributed by atoms with Gasteiger partial charge in [-0.25, -0.2) is 4.39 Å². The molecule has 0 bridgehead atoms. The maximum atomic E-state index is 13.9. The van der Waals surface area contributed by atoms with Crippen LogP contribution in [0.3, 0.4) is 0 Å². The molecule has 94 valence electrons. The molecule has 4 heteroatoms. The summed E-state index contributed by atoms with van der Waals surface area (Å²) in [5.41, 5.74) is 1.36. The van der Waals surface area contributed by atoms with Crippen molar-refractivity contribution >= 4 is 5.69 Å². The lowest BCUT2D eigenvalue weighted by Crippen LogP contribution is -2.10. The number of hydrogen-bond acceptors (Lipinski definition) is 3. The van der Waals surface area contributed by atoms with E-state index in [4.69, 9.17) is 4.74 Å². The van der Waals surface area contributed by atoms with Crippen LogP contribution in [-0.2, 0) is 0 Å². The number of methoxy groups -OCH3 is 1. The van der Waals surface area contributed by atoms with E-state index in [0.717, 1.165) is 5.69 Å². The van der Waals surface area contributed by atoms with Crippen molar-refractivity contribution in [3.8, 4) is 5.75 Å². The summed E-state index contributed by atoms with van der Waals surface area (Å²) in [7, 11) is 1.54. The van der Waals surface area contributed by atoms with Crippen molar-refractivity contribution in [2.24, 2.45) is 0 Å². The highest BCUT2D eigenvalue weighted by molar-refractivity contribution is 5.46. The van der Waals surface area contributed by atoms with Gasteiger partial charge in [-0.2, -0.15) is 0 Å². The lowest BCUT2D eigenvalue weighted by Gasteiger charge is -2.18. The molecule has 1 aromatic carbocycles. The van der Waals surface area contributed by atoms with E-state index in [1.165, 1.54) is 13.2 Å². The third-order valence-electron chi connectivity index (χ3n) is 2.71. The predicted octanol–water partition coefficient (Wildman–Crippen LogP) is 3.40. The first-order chi connectivity index (χ1) is 8.72. The number of nitrogens with one attached hydrogen (secondary N) is 1. The van der Waals surface area contributed by atoms with Crippen LogP contribution >= 0.6 is 0 Å². The molecule has 0 radical (unpaired) electrons. The van der Waals surface area contributed by atoms with Crippen molar-refractivity contribution in [3.63, 3.8) is 0 Å². The minimum Gasteiger partial charge on any atom is -0.496 e. The van der Waals surface area contributed by atoms with Crippen molar-refractivity contribution in [3.05, 3.63) is 54.1 Å². The zero-order valence-electron chi connectivity index (χ0n) is 10.4. The average Bonchev–Trinajstić information content (AvgIpc) is 2.39. The average molecular weight is 246 g/mol. The molecule has 0 fully saturated rings. The van der Waals surface area contributed by atoms with E-state index >= 15 is 0 Å². The van der Waals surface area contributed by atoms with Gasteiger partial charge in [0, 0.05) is 12.4 Å². The number of rotatable bonds is 4. The maximum Gasteiger partial charge on any atom is 0.132 e. The third kappa shape index (κ3) is 2.59. The van der Waals surface area contributed by atoms with Crippen LogP contribution in [0, 0.1) is 5.82 Å². The molecule has 0 saturated carbocycles. The Morgan fingerprint density at radius 1 is 1.28 bits per heavy atom. The van der Waals surface area contributed by atoms with Crippen LogP contribution in [0.15, 0.2) is 42.7 Å². The molecule has 18 heavy (non-hydrogen) atoms. The van der Waals surface area contributed by atoms with Crippen molar-refractivity contribution in [2.45, 2.75) is 13.0 Å².